The average Bonchev–Trinajstić information content (AvgIpc) is 2.84. The lowest BCUT2D eigenvalue weighted by molar-refractivity contribution is -0.385. The molecule has 3 aromatic carbocycles. The van der Waals surface area contributed by atoms with Crippen LogP contribution in [0.15, 0.2) is 72.4 Å². The molecule has 0 radical (unpaired) electrons. The summed E-state index contributed by atoms with van der Waals surface area (Å²) in [6.45, 7) is 0. The summed E-state index contributed by atoms with van der Waals surface area (Å²) in [4.78, 5) is 46.8. The van der Waals surface area contributed by atoms with Crippen LogP contribution in [0.4, 0.5) is 17.1 Å². The van der Waals surface area contributed by atoms with Crippen LogP contribution >= 0.6 is 11.6 Å². The fourth-order valence-electron chi connectivity index (χ4n) is 2.97. The minimum Gasteiger partial charge on any atom is -0.496 e. The number of amides is 2. The zero-order valence-electron chi connectivity index (χ0n) is 18.1. The van der Waals surface area contributed by atoms with Gasteiger partial charge in [0.05, 0.1) is 22.5 Å². The third kappa shape index (κ3) is 6.39. The predicted molar refractivity (Wildman–Crippen MR) is 128 cm³/mol. The smallest absolute Gasteiger partial charge is 0.272 e. The molecule has 2 N–H and O–H groups in total. The van der Waals surface area contributed by atoms with Crippen molar-refractivity contribution < 1.29 is 24.2 Å². The summed E-state index contributed by atoms with van der Waals surface area (Å²) in [5, 5.41) is 27.2. The van der Waals surface area contributed by atoms with E-state index in [-0.39, 0.29) is 44.7 Å². The molecule has 0 bridgehead atoms. The van der Waals surface area contributed by atoms with Crippen LogP contribution in [0.3, 0.4) is 0 Å². The molecule has 0 saturated heterocycles. The average molecular weight is 497 g/mol. The number of hydrogen-bond donors (Lipinski definition) is 2. The first kappa shape index (κ1) is 24.9. The summed E-state index contributed by atoms with van der Waals surface area (Å²) in [7, 11) is 1.36. The number of benzene rings is 3. The van der Waals surface area contributed by atoms with E-state index in [0.717, 1.165) is 0 Å². The molecule has 0 aliphatic heterocycles. The Kier molecular flexibility index (Phi) is 7.74. The van der Waals surface area contributed by atoms with Gasteiger partial charge in [-0.15, -0.1) is 0 Å². The Morgan fingerprint density at radius 1 is 0.943 bits per heavy atom. The van der Waals surface area contributed by atoms with Gasteiger partial charge in [0, 0.05) is 35.0 Å². The van der Waals surface area contributed by atoms with Crippen molar-refractivity contribution in [3.8, 4) is 5.75 Å². The standard InChI is InChI=1S/C23H17ClN4O7/c1-35-21-10-5-15(24)13-19(21)22(29)26-20(12-14-3-2-4-18(11-14)28(33)34)23(30)25-16-6-8-17(9-7-16)27(31)32/h2-13H,1H3,(H,25,30)(H,26,29). The number of non-ortho nitro benzene ring substituents is 2. The minimum absolute atomic E-state index is 0.0491. The molecular formula is C23H17ClN4O7. The molecule has 12 heteroatoms. The van der Waals surface area contributed by atoms with Crippen molar-refractivity contribution in [2.75, 3.05) is 12.4 Å². The predicted octanol–water partition coefficient (Wildman–Crippen LogP) is 4.57. The Labute approximate surface area is 203 Å². The number of hydrogen-bond acceptors (Lipinski definition) is 7. The van der Waals surface area contributed by atoms with Crippen molar-refractivity contribution in [1.29, 1.82) is 0 Å². The van der Waals surface area contributed by atoms with E-state index in [4.69, 9.17) is 16.3 Å². The molecule has 0 heterocycles. The quantitative estimate of drug-likeness (QED) is 0.263. The van der Waals surface area contributed by atoms with Crippen LogP contribution in [0.25, 0.3) is 6.08 Å². The topological polar surface area (TPSA) is 154 Å². The third-order valence-electron chi connectivity index (χ3n) is 4.63. The zero-order chi connectivity index (χ0) is 25.5. The minimum atomic E-state index is -0.778. The van der Waals surface area contributed by atoms with E-state index in [2.05, 4.69) is 10.6 Å². The first-order valence-electron chi connectivity index (χ1n) is 9.85. The van der Waals surface area contributed by atoms with Gasteiger partial charge >= 0.3 is 0 Å². The molecule has 0 aromatic heterocycles. The van der Waals surface area contributed by atoms with Crippen molar-refractivity contribution in [3.63, 3.8) is 0 Å². The number of nitro benzene ring substituents is 2. The van der Waals surface area contributed by atoms with Crippen LogP contribution in [-0.4, -0.2) is 28.8 Å². The maximum atomic E-state index is 13.0. The largest absolute Gasteiger partial charge is 0.496 e. The lowest BCUT2D eigenvalue weighted by Crippen LogP contribution is -2.31. The second-order valence-corrected chi connectivity index (χ2v) is 7.40. The van der Waals surface area contributed by atoms with Crippen LogP contribution < -0.4 is 15.4 Å². The fraction of sp³-hybridized carbons (Fsp3) is 0.0435. The van der Waals surface area contributed by atoms with Gasteiger partial charge in [0.25, 0.3) is 23.2 Å². The van der Waals surface area contributed by atoms with Crippen molar-refractivity contribution in [2.24, 2.45) is 0 Å². The maximum absolute atomic E-state index is 13.0. The molecule has 35 heavy (non-hydrogen) atoms. The van der Waals surface area contributed by atoms with Gasteiger partial charge in [0.1, 0.15) is 11.4 Å². The zero-order valence-corrected chi connectivity index (χ0v) is 18.8. The van der Waals surface area contributed by atoms with Crippen LogP contribution in [0.5, 0.6) is 5.75 Å². The summed E-state index contributed by atoms with van der Waals surface area (Å²) >= 11 is 5.99. The van der Waals surface area contributed by atoms with Crippen LogP contribution in [0.2, 0.25) is 5.02 Å². The highest BCUT2D eigenvalue weighted by Crippen LogP contribution is 2.23. The van der Waals surface area contributed by atoms with E-state index >= 15 is 0 Å². The van der Waals surface area contributed by atoms with Crippen LogP contribution in [0.1, 0.15) is 15.9 Å². The van der Waals surface area contributed by atoms with Gasteiger partial charge in [-0.2, -0.15) is 0 Å². The van der Waals surface area contributed by atoms with Crippen molar-refractivity contribution in [2.45, 2.75) is 0 Å². The first-order chi connectivity index (χ1) is 16.7. The van der Waals surface area contributed by atoms with Gasteiger partial charge in [0.2, 0.25) is 0 Å². The van der Waals surface area contributed by atoms with E-state index in [1.165, 1.54) is 79.9 Å². The van der Waals surface area contributed by atoms with E-state index < -0.39 is 21.7 Å². The number of rotatable bonds is 8. The Balaban J connectivity index is 1.96. The van der Waals surface area contributed by atoms with E-state index in [9.17, 15) is 29.8 Å². The van der Waals surface area contributed by atoms with Crippen LogP contribution in [-0.2, 0) is 4.79 Å². The highest BCUT2D eigenvalue weighted by Gasteiger charge is 2.19. The Hall–Kier alpha value is -4.77. The second kappa shape index (κ2) is 10.9. The highest BCUT2D eigenvalue weighted by atomic mass is 35.5. The number of anilines is 1. The normalized spacial score (nSPS) is 10.9. The molecule has 3 rings (SSSR count). The van der Waals surface area contributed by atoms with Gasteiger partial charge in [-0.05, 0) is 42.0 Å². The molecule has 0 spiro atoms. The first-order valence-corrected chi connectivity index (χ1v) is 10.2. The van der Waals surface area contributed by atoms with Gasteiger partial charge in [-0.1, -0.05) is 23.7 Å². The van der Waals surface area contributed by atoms with E-state index in [1.54, 1.807) is 0 Å². The molecule has 11 nitrogen and oxygen atoms in total. The molecule has 178 valence electrons. The highest BCUT2D eigenvalue weighted by molar-refractivity contribution is 6.31. The number of nitro groups is 2. The van der Waals surface area contributed by atoms with Gasteiger partial charge in [-0.25, -0.2) is 0 Å². The van der Waals surface area contributed by atoms with Gasteiger partial charge < -0.3 is 15.4 Å². The summed E-state index contributed by atoms with van der Waals surface area (Å²) in [6.07, 6.45) is 1.25. The van der Waals surface area contributed by atoms with E-state index in [1.807, 2.05) is 0 Å². The number of carbonyl (C=O) groups excluding carboxylic acids is 2. The number of ether oxygens (including phenoxy) is 1. The molecule has 2 amide bonds. The molecule has 0 aliphatic rings. The summed E-state index contributed by atoms with van der Waals surface area (Å²) in [5.74, 6) is -1.29. The molecule has 0 atom stereocenters. The summed E-state index contributed by atoms with van der Waals surface area (Å²) in [5.41, 5.74) is -0.0936. The molecule has 3 aromatic rings. The molecule has 0 unspecified atom stereocenters. The molecule has 0 fully saturated rings. The Bertz CT molecular complexity index is 1340. The number of halogens is 1. The monoisotopic (exact) mass is 496 g/mol. The van der Waals surface area contributed by atoms with E-state index in [0.29, 0.717) is 0 Å². The van der Waals surface area contributed by atoms with Crippen LogP contribution in [0, 0.1) is 20.2 Å². The second-order valence-electron chi connectivity index (χ2n) is 6.97. The molecular weight excluding hydrogens is 480 g/mol. The Morgan fingerprint density at radius 3 is 2.26 bits per heavy atom. The maximum Gasteiger partial charge on any atom is 0.272 e. The molecule has 0 aliphatic carbocycles. The Morgan fingerprint density at radius 2 is 1.63 bits per heavy atom. The van der Waals surface area contributed by atoms with Gasteiger partial charge in [-0.3, -0.25) is 29.8 Å². The number of methoxy groups -OCH3 is 1. The summed E-state index contributed by atoms with van der Waals surface area (Å²) in [6, 6.07) is 14.9. The van der Waals surface area contributed by atoms with Crippen molar-refractivity contribution in [1.82, 2.24) is 5.32 Å². The third-order valence-corrected chi connectivity index (χ3v) is 4.86. The van der Waals surface area contributed by atoms with Crippen molar-refractivity contribution in [3.05, 3.63) is 109 Å². The number of nitrogens with zero attached hydrogens (tertiary/aromatic N) is 2. The fourth-order valence-corrected chi connectivity index (χ4v) is 3.14. The number of nitrogens with one attached hydrogen (secondary N) is 2. The number of carbonyl (C=O) groups is 2. The lowest BCUT2D eigenvalue weighted by Gasteiger charge is -2.13. The lowest BCUT2D eigenvalue weighted by atomic mass is 10.1. The van der Waals surface area contributed by atoms with Gasteiger partial charge in [0.15, 0.2) is 0 Å². The SMILES string of the molecule is COc1ccc(Cl)cc1C(=O)NC(=Cc1cccc([N+](=O)[O-])c1)C(=O)Nc1ccc([N+](=O)[O-])cc1. The van der Waals surface area contributed by atoms with Crippen molar-refractivity contribution >= 4 is 46.6 Å². The molecule has 0 saturated carbocycles. The summed E-state index contributed by atoms with van der Waals surface area (Å²) < 4.78 is 5.18.